The quantitative estimate of drug-likeness (QED) is 0.593. The van der Waals surface area contributed by atoms with Gasteiger partial charge in [0.2, 0.25) is 0 Å². The highest BCUT2D eigenvalue weighted by molar-refractivity contribution is 6.42. The molecule has 0 saturated heterocycles. The van der Waals surface area contributed by atoms with E-state index in [0.29, 0.717) is 10.6 Å². The lowest BCUT2D eigenvalue weighted by Gasteiger charge is -2.12. The van der Waals surface area contributed by atoms with Crippen molar-refractivity contribution in [2.75, 3.05) is 5.32 Å². The Morgan fingerprint density at radius 3 is 2.46 bits per heavy atom. The summed E-state index contributed by atoms with van der Waals surface area (Å²) in [6.07, 6.45) is -4.60. The van der Waals surface area contributed by atoms with Gasteiger partial charge in [0.1, 0.15) is 0 Å². The monoisotopic (exact) mass is 400 g/mol. The molecule has 3 rings (SSSR count). The number of hydrogen-bond donors (Lipinski definition) is 1. The molecule has 0 fully saturated rings. The van der Waals surface area contributed by atoms with Gasteiger partial charge in [0, 0.05) is 11.6 Å². The maximum Gasteiger partial charge on any atom is 0.418 e. The van der Waals surface area contributed by atoms with Crippen molar-refractivity contribution >= 4 is 34.8 Å². The summed E-state index contributed by atoms with van der Waals surface area (Å²) in [6, 6.07) is 10.6. The molecule has 2 aromatic carbocycles. The van der Waals surface area contributed by atoms with Crippen LogP contribution in [0.25, 0.3) is 11.3 Å². The predicted octanol–water partition coefficient (Wildman–Crippen LogP) is 5.92. The Morgan fingerprint density at radius 2 is 1.77 bits per heavy atom. The number of anilines is 1. The first-order valence-corrected chi connectivity index (χ1v) is 7.91. The standard InChI is InChI=1S/C17H9Cl2F3N2O2/c18-11-6-5-9(7-12(11)19)15-8-14(24-26-15)16(25)23-13-4-2-1-3-10(13)17(20,21)22/h1-8H,(H,23,25). The van der Waals surface area contributed by atoms with Crippen LogP contribution in [-0.4, -0.2) is 11.1 Å². The summed E-state index contributed by atoms with van der Waals surface area (Å²) in [4.78, 5) is 12.2. The van der Waals surface area contributed by atoms with Crippen LogP contribution in [-0.2, 0) is 6.18 Å². The first-order valence-electron chi connectivity index (χ1n) is 7.15. The number of carbonyl (C=O) groups excluding carboxylic acids is 1. The number of alkyl halides is 3. The highest BCUT2D eigenvalue weighted by Crippen LogP contribution is 2.35. The predicted molar refractivity (Wildman–Crippen MR) is 91.4 cm³/mol. The van der Waals surface area contributed by atoms with Gasteiger partial charge in [-0.25, -0.2) is 0 Å². The maximum atomic E-state index is 13.0. The minimum absolute atomic E-state index is 0.178. The van der Waals surface area contributed by atoms with Crippen molar-refractivity contribution in [2.45, 2.75) is 6.18 Å². The van der Waals surface area contributed by atoms with E-state index in [2.05, 4.69) is 10.5 Å². The zero-order chi connectivity index (χ0) is 18.9. The van der Waals surface area contributed by atoms with Crippen LogP contribution in [0.3, 0.4) is 0 Å². The SMILES string of the molecule is O=C(Nc1ccccc1C(F)(F)F)c1cc(-c2ccc(Cl)c(Cl)c2)on1. The topological polar surface area (TPSA) is 55.1 Å². The van der Waals surface area contributed by atoms with Crippen LogP contribution in [0.2, 0.25) is 10.0 Å². The molecule has 0 radical (unpaired) electrons. The maximum absolute atomic E-state index is 13.0. The number of aromatic nitrogens is 1. The largest absolute Gasteiger partial charge is 0.418 e. The van der Waals surface area contributed by atoms with Crippen molar-refractivity contribution < 1.29 is 22.5 Å². The number of benzene rings is 2. The van der Waals surface area contributed by atoms with Gasteiger partial charge in [-0.05, 0) is 30.3 Å². The van der Waals surface area contributed by atoms with Crippen LogP contribution in [0.4, 0.5) is 18.9 Å². The van der Waals surface area contributed by atoms with E-state index in [9.17, 15) is 18.0 Å². The first-order chi connectivity index (χ1) is 12.3. The number of halogens is 5. The highest BCUT2D eigenvalue weighted by Gasteiger charge is 2.33. The number of para-hydroxylation sites is 1. The van der Waals surface area contributed by atoms with Crippen LogP contribution in [0, 0.1) is 0 Å². The van der Waals surface area contributed by atoms with Gasteiger partial charge < -0.3 is 9.84 Å². The molecule has 0 spiro atoms. The lowest BCUT2D eigenvalue weighted by molar-refractivity contribution is -0.136. The van der Waals surface area contributed by atoms with Crippen LogP contribution in [0.1, 0.15) is 16.1 Å². The van der Waals surface area contributed by atoms with Crippen LogP contribution >= 0.6 is 23.2 Å². The molecule has 1 N–H and O–H groups in total. The van der Waals surface area contributed by atoms with Crippen molar-refractivity contribution in [1.29, 1.82) is 0 Å². The fourth-order valence-electron chi connectivity index (χ4n) is 2.19. The third-order valence-electron chi connectivity index (χ3n) is 3.43. The second kappa shape index (κ2) is 7.01. The second-order valence-electron chi connectivity index (χ2n) is 5.20. The molecule has 4 nitrogen and oxygen atoms in total. The van der Waals surface area contributed by atoms with E-state index in [4.69, 9.17) is 27.7 Å². The summed E-state index contributed by atoms with van der Waals surface area (Å²) in [5, 5.41) is 6.41. The molecule has 26 heavy (non-hydrogen) atoms. The number of rotatable bonds is 3. The van der Waals surface area contributed by atoms with Crippen molar-refractivity contribution in [3.8, 4) is 11.3 Å². The lowest BCUT2D eigenvalue weighted by Crippen LogP contribution is -2.16. The molecule has 0 aliphatic carbocycles. The van der Waals surface area contributed by atoms with E-state index in [1.54, 1.807) is 12.1 Å². The molecule has 0 bridgehead atoms. The summed E-state index contributed by atoms with van der Waals surface area (Å²) in [6.45, 7) is 0. The molecule has 134 valence electrons. The Balaban J connectivity index is 1.84. The highest BCUT2D eigenvalue weighted by atomic mass is 35.5. The Kier molecular flexibility index (Phi) is 4.93. The fraction of sp³-hybridized carbons (Fsp3) is 0.0588. The average Bonchev–Trinajstić information content (AvgIpc) is 3.07. The Hall–Kier alpha value is -2.51. The van der Waals surface area contributed by atoms with E-state index in [1.165, 1.54) is 24.3 Å². The molecule has 1 amide bonds. The first kappa shape index (κ1) is 18.3. The smallest absolute Gasteiger partial charge is 0.355 e. The minimum atomic E-state index is -4.60. The lowest BCUT2D eigenvalue weighted by atomic mass is 10.1. The number of hydrogen-bond acceptors (Lipinski definition) is 3. The van der Waals surface area contributed by atoms with Crippen LogP contribution in [0.15, 0.2) is 53.1 Å². The van der Waals surface area contributed by atoms with Gasteiger partial charge in [0.15, 0.2) is 11.5 Å². The van der Waals surface area contributed by atoms with Gasteiger partial charge >= 0.3 is 6.18 Å². The van der Waals surface area contributed by atoms with E-state index in [0.717, 1.165) is 12.1 Å². The molecule has 1 aromatic heterocycles. The normalized spacial score (nSPS) is 11.4. The molecular weight excluding hydrogens is 392 g/mol. The zero-order valence-corrected chi connectivity index (χ0v) is 14.3. The van der Waals surface area contributed by atoms with E-state index >= 15 is 0 Å². The molecule has 1 heterocycles. The Morgan fingerprint density at radius 1 is 1.04 bits per heavy atom. The molecule has 9 heteroatoms. The van der Waals surface area contributed by atoms with E-state index < -0.39 is 17.6 Å². The van der Waals surface area contributed by atoms with Crippen molar-refractivity contribution in [2.24, 2.45) is 0 Å². The number of nitrogens with zero attached hydrogens (tertiary/aromatic N) is 1. The van der Waals surface area contributed by atoms with E-state index in [1.807, 2.05) is 0 Å². The number of nitrogens with one attached hydrogen (secondary N) is 1. The molecule has 0 aliphatic heterocycles. The van der Waals surface area contributed by atoms with E-state index in [-0.39, 0.29) is 22.2 Å². The van der Waals surface area contributed by atoms with Gasteiger partial charge in [-0.15, -0.1) is 0 Å². The number of carbonyl (C=O) groups is 1. The molecule has 0 saturated carbocycles. The summed E-state index contributed by atoms with van der Waals surface area (Å²) in [7, 11) is 0. The van der Waals surface area contributed by atoms with Gasteiger partial charge in [0.05, 0.1) is 21.3 Å². The third-order valence-corrected chi connectivity index (χ3v) is 4.17. The summed E-state index contributed by atoms with van der Waals surface area (Å²) in [5.41, 5.74) is -0.990. The number of amides is 1. The van der Waals surface area contributed by atoms with Crippen LogP contribution < -0.4 is 5.32 Å². The zero-order valence-electron chi connectivity index (χ0n) is 12.8. The van der Waals surface area contributed by atoms with Crippen molar-refractivity contribution in [1.82, 2.24) is 5.16 Å². The second-order valence-corrected chi connectivity index (χ2v) is 6.02. The van der Waals surface area contributed by atoms with Gasteiger partial charge in [-0.2, -0.15) is 13.2 Å². The summed E-state index contributed by atoms with van der Waals surface area (Å²) < 4.78 is 44.0. The molecule has 3 aromatic rings. The minimum Gasteiger partial charge on any atom is -0.355 e. The fourth-order valence-corrected chi connectivity index (χ4v) is 2.49. The summed E-state index contributed by atoms with van der Waals surface area (Å²) in [5.74, 6) is -0.616. The van der Waals surface area contributed by atoms with Gasteiger partial charge in [0.25, 0.3) is 5.91 Å². The molecule has 0 aliphatic rings. The summed E-state index contributed by atoms with van der Waals surface area (Å²) >= 11 is 11.8. The third kappa shape index (κ3) is 3.84. The van der Waals surface area contributed by atoms with Gasteiger partial charge in [-0.3, -0.25) is 4.79 Å². The molecular formula is C17H9Cl2F3N2O2. The molecule has 0 unspecified atom stereocenters. The Bertz CT molecular complexity index is 971. The van der Waals surface area contributed by atoms with Crippen molar-refractivity contribution in [3.63, 3.8) is 0 Å². The van der Waals surface area contributed by atoms with Crippen LogP contribution in [0.5, 0.6) is 0 Å². The molecule has 0 atom stereocenters. The average molecular weight is 401 g/mol. The van der Waals surface area contributed by atoms with Crippen molar-refractivity contribution in [3.05, 3.63) is 69.8 Å². The Labute approximate surface area is 155 Å². The van der Waals surface area contributed by atoms with Gasteiger partial charge in [-0.1, -0.05) is 40.5 Å².